The Balaban J connectivity index is 1.09. The minimum absolute atomic E-state index is 0.0803. The van der Waals surface area contributed by atoms with Gasteiger partial charge in [0.25, 0.3) is 0 Å². The molecule has 0 fully saturated rings. The van der Waals surface area contributed by atoms with Crippen molar-refractivity contribution in [3.8, 4) is 34.0 Å². The molecule has 2 aliphatic carbocycles. The standard InChI is InChI=1S/C46H58N8O3/c1-7-26-53(45(55)43(51(3)4)34-16-11-9-12-17-34)31-41-47-29-39(49-41)33-22-24-37(25-23-33)57-38-21-15-20-36(28-38)40-30-48-42(50-40)32-54(27-8-2)46(56)44(52(5)6)35-18-13-10-14-19-35/h11,13,15-25,28-30,43-44H,7-10,12,14,26-27,31-32H2,1-6H3,(H,47,49)(H,48,50). The lowest BCUT2D eigenvalue weighted by Gasteiger charge is -2.31. The van der Waals surface area contributed by atoms with Gasteiger partial charge in [-0.25, -0.2) is 9.97 Å². The lowest BCUT2D eigenvalue weighted by Crippen LogP contribution is -2.47. The first-order valence-corrected chi connectivity index (χ1v) is 20.2. The molecule has 2 aliphatic rings. The second-order valence-electron chi connectivity index (χ2n) is 15.3. The summed E-state index contributed by atoms with van der Waals surface area (Å²) in [6.07, 6.45) is 22.1. The molecule has 0 saturated carbocycles. The largest absolute Gasteiger partial charge is 0.457 e. The first-order valence-electron chi connectivity index (χ1n) is 20.2. The van der Waals surface area contributed by atoms with Gasteiger partial charge in [-0.1, -0.05) is 62.4 Å². The Morgan fingerprint density at radius 2 is 1.18 bits per heavy atom. The van der Waals surface area contributed by atoms with E-state index in [1.165, 1.54) is 0 Å². The first-order chi connectivity index (χ1) is 27.6. The topological polar surface area (TPSA) is 114 Å². The van der Waals surface area contributed by atoms with Gasteiger partial charge in [-0.05, 0) is 120 Å². The molecule has 4 aromatic rings. The molecule has 2 aromatic heterocycles. The van der Waals surface area contributed by atoms with Crippen molar-refractivity contribution in [1.29, 1.82) is 0 Å². The third kappa shape index (κ3) is 10.5. The lowest BCUT2D eigenvalue weighted by molar-refractivity contribution is -0.136. The van der Waals surface area contributed by atoms with Crippen molar-refractivity contribution in [1.82, 2.24) is 39.5 Å². The van der Waals surface area contributed by atoms with Gasteiger partial charge in [0.2, 0.25) is 11.8 Å². The van der Waals surface area contributed by atoms with Gasteiger partial charge in [-0.15, -0.1) is 0 Å². The number of aromatic nitrogens is 4. The summed E-state index contributed by atoms with van der Waals surface area (Å²) in [6, 6.07) is 15.1. The Bertz CT molecular complexity index is 2090. The third-order valence-corrected chi connectivity index (χ3v) is 10.3. The molecule has 2 unspecified atom stereocenters. The molecule has 6 rings (SSSR count). The predicted molar refractivity (Wildman–Crippen MR) is 227 cm³/mol. The third-order valence-electron chi connectivity index (χ3n) is 10.3. The smallest absolute Gasteiger partial charge is 0.244 e. The van der Waals surface area contributed by atoms with Crippen molar-refractivity contribution in [3.63, 3.8) is 0 Å². The summed E-state index contributed by atoms with van der Waals surface area (Å²) >= 11 is 0. The van der Waals surface area contributed by atoms with Crippen molar-refractivity contribution < 1.29 is 14.3 Å². The summed E-state index contributed by atoms with van der Waals surface area (Å²) in [5.41, 5.74) is 5.74. The number of H-pyrrole nitrogens is 2. The predicted octanol–water partition coefficient (Wildman–Crippen LogP) is 8.15. The van der Waals surface area contributed by atoms with Gasteiger partial charge in [0.15, 0.2) is 0 Å². The number of nitrogens with one attached hydrogen (secondary N) is 2. The number of benzene rings is 2. The number of imidazole rings is 2. The number of ether oxygens (including phenoxy) is 1. The molecule has 0 spiro atoms. The van der Waals surface area contributed by atoms with Gasteiger partial charge >= 0.3 is 0 Å². The van der Waals surface area contributed by atoms with E-state index in [0.717, 1.165) is 83.8 Å². The van der Waals surface area contributed by atoms with E-state index in [2.05, 4.69) is 70.2 Å². The molecule has 300 valence electrons. The summed E-state index contributed by atoms with van der Waals surface area (Å²) in [5.74, 6) is 3.04. The zero-order valence-corrected chi connectivity index (χ0v) is 34.4. The number of hydrogen-bond donors (Lipinski definition) is 2. The molecule has 11 nitrogen and oxygen atoms in total. The van der Waals surface area contributed by atoms with Crippen LogP contribution >= 0.6 is 0 Å². The van der Waals surface area contributed by atoms with Crippen LogP contribution < -0.4 is 4.74 Å². The van der Waals surface area contributed by atoms with Crippen LogP contribution in [0.1, 0.15) is 64.0 Å². The van der Waals surface area contributed by atoms with Crippen LogP contribution in [0.15, 0.2) is 109 Å². The summed E-state index contributed by atoms with van der Waals surface area (Å²) in [6.45, 7) is 6.29. The highest BCUT2D eigenvalue weighted by Crippen LogP contribution is 2.29. The van der Waals surface area contributed by atoms with Crippen LogP contribution in [0.2, 0.25) is 0 Å². The van der Waals surface area contributed by atoms with Crippen molar-refractivity contribution in [3.05, 3.63) is 120 Å². The van der Waals surface area contributed by atoms with Gasteiger partial charge in [0, 0.05) is 18.7 Å². The van der Waals surface area contributed by atoms with E-state index in [9.17, 15) is 9.59 Å². The molecule has 2 aromatic carbocycles. The summed E-state index contributed by atoms with van der Waals surface area (Å²) in [4.78, 5) is 51.7. The molecule has 2 heterocycles. The van der Waals surface area contributed by atoms with E-state index >= 15 is 0 Å². The summed E-state index contributed by atoms with van der Waals surface area (Å²) in [5, 5.41) is 0. The number of allylic oxidation sites excluding steroid dienone is 4. The Morgan fingerprint density at radius 3 is 1.63 bits per heavy atom. The van der Waals surface area contributed by atoms with Crippen LogP contribution in [-0.4, -0.2) is 105 Å². The average Bonchev–Trinajstić information content (AvgIpc) is 3.89. The molecular weight excluding hydrogens is 713 g/mol. The maximum Gasteiger partial charge on any atom is 0.244 e. The van der Waals surface area contributed by atoms with Gasteiger partial charge < -0.3 is 24.5 Å². The fraction of sp³-hybridized carbons (Fsp3) is 0.391. The molecule has 11 heteroatoms. The van der Waals surface area contributed by atoms with Crippen LogP contribution in [0.5, 0.6) is 11.5 Å². The summed E-state index contributed by atoms with van der Waals surface area (Å²) in [7, 11) is 7.84. The normalized spacial score (nSPS) is 15.0. The minimum Gasteiger partial charge on any atom is -0.457 e. The number of hydrogen-bond acceptors (Lipinski definition) is 7. The van der Waals surface area contributed by atoms with Crippen molar-refractivity contribution in [2.75, 3.05) is 41.3 Å². The SMILES string of the molecule is CCCN(Cc1ncc(-c2ccc(Oc3cccc(-c4cnc(CN(CCC)C(=O)C(C5=CCCC=C5)N(C)C)[nH]4)c3)cc2)[nH]1)C(=O)C(C1=CCCC=C1)N(C)C. The van der Waals surface area contributed by atoms with Gasteiger partial charge in [-0.3, -0.25) is 19.4 Å². The van der Waals surface area contributed by atoms with E-state index in [1.54, 1.807) is 0 Å². The Morgan fingerprint density at radius 1 is 0.667 bits per heavy atom. The fourth-order valence-electron chi connectivity index (χ4n) is 7.52. The van der Waals surface area contributed by atoms with E-state index in [0.29, 0.717) is 37.7 Å². The van der Waals surface area contributed by atoms with Crippen LogP contribution in [-0.2, 0) is 22.7 Å². The molecule has 2 atom stereocenters. The van der Waals surface area contributed by atoms with E-state index in [-0.39, 0.29) is 23.9 Å². The number of nitrogens with zero attached hydrogens (tertiary/aromatic N) is 6. The van der Waals surface area contributed by atoms with Crippen molar-refractivity contribution >= 4 is 11.8 Å². The van der Waals surface area contributed by atoms with Crippen LogP contribution in [0, 0.1) is 0 Å². The Hall–Kier alpha value is -5.52. The quantitative estimate of drug-likeness (QED) is 0.105. The van der Waals surface area contributed by atoms with Crippen molar-refractivity contribution in [2.24, 2.45) is 0 Å². The van der Waals surface area contributed by atoms with E-state index < -0.39 is 0 Å². The number of likely N-dealkylation sites (N-methyl/N-ethyl adjacent to an activating group) is 2. The molecule has 0 radical (unpaired) electrons. The zero-order chi connectivity index (χ0) is 40.3. The Kier molecular flexibility index (Phi) is 14.1. The summed E-state index contributed by atoms with van der Waals surface area (Å²) < 4.78 is 6.29. The second-order valence-corrected chi connectivity index (χ2v) is 15.3. The number of aromatic amines is 2. The van der Waals surface area contributed by atoms with Crippen LogP contribution in [0.3, 0.4) is 0 Å². The monoisotopic (exact) mass is 770 g/mol. The average molecular weight is 771 g/mol. The molecule has 0 aliphatic heterocycles. The molecule has 57 heavy (non-hydrogen) atoms. The maximum absolute atomic E-state index is 13.9. The molecule has 2 N–H and O–H groups in total. The highest BCUT2D eigenvalue weighted by Gasteiger charge is 2.30. The highest BCUT2D eigenvalue weighted by atomic mass is 16.5. The van der Waals surface area contributed by atoms with Crippen LogP contribution in [0.4, 0.5) is 0 Å². The van der Waals surface area contributed by atoms with Crippen molar-refractivity contribution in [2.45, 2.75) is 77.5 Å². The lowest BCUT2D eigenvalue weighted by atomic mass is 9.98. The maximum atomic E-state index is 13.9. The number of carbonyl (C=O) groups is 2. The second kappa shape index (κ2) is 19.6. The molecule has 2 amide bonds. The van der Waals surface area contributed by atoms with E-state index in [4.69, 9.17) is 4.74 Å². The zero-order valence-electron chi connectivity index (χ0n) is 34.4. The minimum atomic E-state index is -0.329. The highest BCUT2D eigenvalue weighted by molar-refractivity contribution is 5.86. The molecular formula is C46H58N8O3. The van der Waals surface area contributed by atoms with Gasteiger partial charge in [0.1, 0.15) is 35.2 Å². The first kappa shape index (κ1) is 41.1. The van der Waals surface area contributed by atoms with E-state index in [1.807, 2.05) is 109 Å². The Labute approximate surface area is 337 Å². The molecule has 0 bridgehead atoms. The molecule has 0 saturated heterocycles. The van der Waals surface area contributed by atoms with Gasteiger partial charge in [-0.2, -0.15) is 0 Å². The number of amides is 2. The number of carbonyl (C=O) groups excluding carboxylic acids is 2. The van der Waals surface area contributed by atoms with Crippen LogP contribution in [0.25, 0.3) is 22.5 Å². The fourth-order valence-corrected chi connectivity index (χ4v) is 7.52. The number of rotatable bonds is 18. The van der Waals surface area contributed by atoms with Gasteiger partial charge in [0.05, 0.1) is 36.9 Å².